The van der Waals surface area contributed by atoms with Crippen molar-refractivity contribution in [3.8, 4) is 11.3 Å². The van der Waals surface area contributed by atoms with Crippen molar-refractivity contribution in [2.45, 2.75) is 6.92 Å². The van der Waals surface area contributed by atoms with E-state index in [9.17, 15) is 0 Å². The van der Waals surface area contributed by atoms with E-state index in [1.54, 1.807) is 0 Å². The van der Waals surface area contributed by atoms with Gasteiger partial charge in [-0.3, -0.25) is 4.98 Å². The van der Waals surface area contributed by atoms with Crippen molar-refractivity contribution in [2.24, 2.45) is 0 Å². The number of rotatable bonds is 1. The molecule has 0 aliphatic rings. The average Bonchev–Trinajstić information content (AvgIpc) is 2.88. The van der Waals surface area contributed by atoms with Gasteiger partial charge in [-0.05, 0) is 36.8 Å². The number of furan rings is 1. The zero-order valence-corrected chi connectivity index (χ0v) is 11.1. The molecule has 0 aliphatic carbocycles. The second kappa shape index (κ2) is 4.20. The van der Waals surface area contributed by atoms with Gasteiger partial charge in [0.25, 0.3) is 0 Å². The first-order valence-electron chi connectivity index (χ1n) is 6.67. The fourth-order valence-electron chi connectivity index (χ4n) is 2.75. The van der Waals surface area contributed by atoms with Crippen molar-refractivity contribution >= 4 is 21.9 Å². The second-order valence-electron chi connectivity index (χ2n) is 4.95. The minimum atomic E-state index is 0.913. The summed E-state index contributed by atoms with van der Waals surface area (Å²) in [6.45, 7) is 2.12. The number of aromatic nitrogens is 1. The quantitative estimate of drug-likeness (QED) is 0.483. The molecule has 2 aromatic carbocycles. The third kappa shape index (κ3) is 1.55. The monoisotopic (exact) mass is 259 g/mol. The number of nitrogens with zero attached hydrogens (tertiary/aromatic N) is 1. The minimum absolute atomic E-state index is 0.913. The Hall–Kier alpha value is -2.61. The van der Waals surface area contributed by atoms with Crippen LogP contribution in [0.2, 0.25) is 0 Å². The van der Waals surface area contributed by atoms with Gasteiger partial charge < -0.3 is 4.42 Å². The molecular weight excluding hydrogens is 246 g/mol. The SMILES string of the molecule is Cc1cccc2oc3c(-c4ccccn4)cccc3c12. The Morgan fingerprint density at radius 2 is 1.80 bits per heavy atom. The lowest BCUT2D eigenvalue weighted by molar-refractivity contribution is 0.669. The molecule has 96 valence electrons. The Morgan fingerprint density at radius 1 is 0.900 bits per heavy atom. The largest absolute Gasteiger partial charge is 0.455 e. The Labute approximate surface area is 116 Å². The van der Waals surface area contributed by atoms with Gasteiger partial charge in [-0.1, -0.05) is 30.3 Å². The van der Waals surface area contributed by atoms with Gasteiger partial charge in [0, 0.05) is 22.5 Å². The topological polar surface area (TPSA) is 26.0 Å². The molecule has 0 radical (unpaired) electrons. The lowest BCUT2D eigenvalue weighted by atomic mass is 10.0. The van der Waals surface area contributed by atoms with Crippen LogP contribution in [0.15, 0.2) is 65.2 Å². The number of para-hydroxylation sites is 1. The van der Waals surface area contributed by atoms with Gasteiger partial charge in [0.05, 0.1) is 5.69 Å². The lowest BCUT2D eigenvalue weighted by Crippen LogP contribution is -1.82. The van der Waals surface area contributed by atoms with E-state index in [0.717, 1.165) is 27.8 Å². The summed E-state index contributed by atoms with van der Waals surface area (Å²) in [7, 11) is 0. The highest BCUT2D eigenvalue weighted by molar-refractivity contribution is 6.10. The van der Waals surface area contributed by atoms with Gasteiger partial charge in [-0.25, -0.2) is 0 Å². The van der Waals surface area contributed by atoms with Crippen molar-refractivity contribution in [2.75, 3.05) is 0 Å². The summed E-state index contributed by atoms with van der Waals surface area (Å²) >= 11 is 0. The van der Waals surface area contributed by atoms with Crippen LogP contribution < -0.4 is 0 Å². The lowest BCUT2D eigenvalue weighted by Gasteiger charge is -2.01. The first-order valence-corrected chi connectivity index (χ1v) is 6.67. The van der Waals surface area contributed by atoms with Crippen LogP contribution in [0.4, 0.5) is 0 Å². The van der Waals surface area contributed by atoms with Crippen LogP contribution in [0.3, 0.4) is 0 Å². The standard InChI is InChI=1S/C18H13NO/c1-12-6-4-10-16-17(12)14-8-5-7-13(18(14)20-16)15-9-2-3-11-19-15/h2-11H,1H3. The zero-order chi connectivity index (χ0) is 13.5. The van der Waals surface area contributed by atoms with E-state index in [0.29, 0.717) is 0 Å². The van der Waals surface area contributed by atoms with Crippen molar-refractivity contribution in [3.05, 3.63) is 66.4 Å². The summed E-state index contributed by atoms with van der Waals surface area (Å²) < 4.78 is 6.08. The third-order valence-electron chi connectivity index (χ3n) is 3.67. The molecule has 0 saturated carbocycles. The van der Waals surface area contributed by atoms with Gasteiger partial charge in [0.1, 0.15) is 11.2 Å². The molecule has 2 aromatic heterocycles. The van der Waals surface area contributed by atoms with Crippen LogP contribution in [0.25, 0.3) is 33.2 Å². The average molecular weight is 259 g/mol. The Bertz CT molecular complexity index is 907. The highest BCUT2D eigenvalue weighted by Gasteiger charge is 2.13. The molecule has 0 unspecified atom stereocenters. The van der Waals surface area contributed by atoms with Gasteiger partial charge in [-0.15, -0.1) is 0 Å². The predicted octanol–water partition coefficient (Wildman–Crippen LogP) is 4.96. The van der Waals surface area contributed by atoms with Crippen molar-refractivity contribution in [1.82, 2.24) is 4.98 Å². The molecule has 2 heterocycles. The van der Waals surface area contributed by atoms with Gasteiger partial charge in [-0.2, -0.15) is 0 Å². The maximum atomic E-state index is 6.08. The maximum Gasteiger partial charge on any atom is 0.144 e. The van der Waals surface area contributed by atoms with Crippen LogP contribution >= 0.6 is 0 Å². The summed E-state index contributed by atoms with van der Waals surface area (Å²) in [6.07, 6.45) is 1.81. The minimum Gasteiger partial charge on any atom is -0.455 e. The molecular formula is C18H13NO. The Kier molecular flexibility index (Phi) is 2.36. The van der Waals surface area contributed by atoms with Crippen LogP contribution in [0.5, 0.6) is 0 Å². The molecule has 0 spiro atoms. The van der Waals surface area contributed by atoms with E-state index in [4.69, 9.17) is 4.42 Å². The Morgan fingerprint density at radius 3 is 2.65 bits per heavy atom. The van der Waals surface area contributed by atoms with Crippen LogP contribution in [0.1, 0.15) is 5.56 Å². The van der Waals surface area contributed by atoms with E-state index in [2.05, 4.69) is 36.2 Å². The van der Waals surface area contributed by atoms with Gasteiger partial charge in [0.2, 0.25) is 0 Å². The second-order valence-corrected chi connectivity index (χ2v) is 4.95. The smallest absolute Gasteiger partial charge is 0.144 e. The summed E-state index contributed by atoms with van der Waals surface area (Å²) in [5.41, 5.74) is 5.06. The highest BCUT2D eigenvalue weighted by atomic mass is 16.3. The van der Waals surface area contributed by atoms with E-state index in [1.165, 1.54) is 10.9 Å². The summed E-state index contributed by atoms with van der Waals surface area (Å²) in [5, 5.41) is 2.35. The maximum absolute atomic E-state index is 6.08. The molecule has 20 heavy (non-hydrogen) atoms. The van der Waals surface area contributed by atoms with Gasteiger partial charge >= 0.3 is 0 Å². The van der Waals surface area contributed by atoms with E-state index < -0.39 is 0 Å². The molecule has 0 saturated heterocycles. The normalized spacial score (nSPS) is 11.2. The molecule has 0 aliphatic heterocycles. The van der Waals surface area contributed by atoms with Crippen molar-refractivity contribution in [3.63, 3.8) is 0 Å². The summed E-state index contributed by atoms with van der Waals surface area (Å²) in [4.78, 5) is 4.43. The molecule has 2 heteroatoms. The number of benzene rings is 2. The molecule has 4 rings (SSSR count). The fraction of sp³-hybridized carbons (Fsp3) is 0.0556. The van der Waals surface area contributed by atoms with Crippen molar-refractivity contribution in [1.29, 1.82) is 0 Å². The predicted molar refractivity (Wildman–Crippen MR) is 81.7 cm³/mol. The van der Waals surface area contributed by atoms with Crippen LogP contribution in [-0.2, 0) is 0 Å². The highest BCUT2D eigenvalue weighted by Crippen LogP contribution is 2.36. The Balaban J connectivity index is 2.14. The molecule has 0 N–H and O–H groups in total. The third-order valence-corrected chi connectivity index (χ3v) is 3.67. The first kappa shape index (κ1) is 11.2. The number of fused-ring (bicyclic) bond motifs is 3. The zero-order valence-electron chi connectivity index (χ0n) is 11.1. The molecule has 0 atom stereocenters. The van der Waals surface area contributed by atoms with Gasteiger partial charge in [0.15, 0.2) is 0 Å². The number of aryl methyl sites for hydroxylation is 1. The molecule has 0 fully saturated rings. The number of pyridine rings is 1. The first-order chi connectivity index (χ1) is 9.84. The molecule has 0 amide bonds. The van der Waals surface area contributed by atoms with Crippen LogP contribution in [-0.4, -0.2) is 4.98 Å². The van der Waals surface area contributed by atoms with Crippen molar-refractivity contribution < 1.29 is 4.42 Å². The molecule has 0 bridgehead atoms. The van der Waals surface area contributed by atoms with E-state index in [-0.39, 0.29) is 0 Å². The summed E-state index contributed by atoms with van der Waals surface area (Å²) in [6, 6.07) is 18.3. The van der Waals surface area contributed by atoms with E-state index >= 15 is 0 Å². The van der Waals surface area contributed by atoms with Crippen LogP contribution in [0, 0.1) is 6.92 Å². The molecule has 2 nitrogen and oxygen atoms in total. The fourth-order valence-corrected chi connectivity index (χ4v) is 2.75. The number of hydrogen-bond donors (Lipinski definition) is 0. The van der Waals surface area contributed by atoms with E-state index in [1.807, 2.05) is 36.5 Å². The number of hydrogen-bond acceptors (Lipinski definition) is 2. The summed E-state index contributed by atoms with van der Waals surface area (Å²) in [5.74, 6) is 0. The molecule has 4 aromatic rings.